The molecule has 1 heterocycles. The molecule has 0 saturated heterocycles. The standard InChI is InChI=1S/C9H7FO2/c10-7-2-1-3-8-6(7)4-5-9(11)12-8/h1-3H,4-5H2. The van der Waals surface area contributed by atoms with Gasteiger partial charge in [0.25, 0.3) is 0 Å². The van der Waals surface area contributed by atoms with Crippen molar-refractivity contribution >= 4 is 5.97 Å². The van der Waals surface area contributed by atoms with Crippen LogP contribution < -0.4 is 4.74 Å². The molecule has 1 aliphatic heterocycles. The Balaban J connectivity index is 2.48. The van der Waals surface area contributed by atoms with Gasteiger partial charge in [0.1, 0.15) is 11.6 Å². The lowest BCUT2D eigenvalue weighted by Gasteiger charge is -2.14. The molecular weight excluding hydrogens is 159 g/mol. The molecule has 0 amide bonds. The summed E-state index contributed by atoms with van der Waals surface area (Å²) in [6, 6.07) is 4.51. The summed E-state index contributed by atoms with van der Waals surface area (Å²) in [4.78, 5) is 10.8. The molecular formula is C9H7FO2. The predicted octanol–water partition coefficient (Wildman–Crippen LogP) is 1.68. The van der Waals surface area contributed by atoms with E-state index in [9.17, 15) is 9.18 Å². The molecule has 62 valence electrons. The van der Waals surface area contributed by atoms with E-state index in [0.29, 0.717) is 17.7 Å². The van der Waals surface area contributed by atoms with E-state index in [1.165, 1.54) is 12.1 Å². The monoisotopic (exact) mass is 166 g/mol. The largest absolute Gasteiger partial charge is 0.426 e. The van der Waals surface area contributed by atoms with Crippen LogP contribution >= 0.6 is 0 Å². The van der Waals surface area contributed by atoms with Crippen molar-refractivity contribution in [3.05, 3.63) is 29.6 Å². The van der Waals surface area contributed by atoms with E-state index in [0.717, 1.165) is 0 Å². The highest BCUT2D eigenvalue weighted by Crippen LogP contribution is 2.26. The van der Waals surface area contributed by atoms with Gasteiger partial charge in [0, 0.05) is 5.56 Å². The van der Waals surface area contributed by atoms with Crippen LogP contribution in [-0.2, 0) is 11.2 Å². The molecule has 1 aliphatic rings. The normalized spacial score (nSPS) is 15.2. The Hall–Kier alpha value is -1.38. The van der Waals surface area contributed by atoms with Crippen molar-refractivity contribution in [2.24, 2.45) is 0 Å². The van der Waals surface area contributed by atoms with Gasteiger partial charge < -0.3 is 4.74 Å². The summed E-state index contributed by atoms with van der Waals surface area (Å²) < 4.78 is 17.8. The maximum atomic E-state index is 13.0. The molecule has 1 aromatic carbocycles. The summed E-state index contributed by atoms with van der Waals surface area (Å²) in [6.45, 7) is 0. The van der Waals surface area contributed by atoms with Crippen LogP contribution in [-0.4, -0.2) is 5.97 Å². The van der Waals surface area contributed by atoms with Crippen LogP contribution in [0.5, 0.6) is 5.75 Å². The molecule has 0 atom stereocenters. The van der Waals surface area contributed by atoms with Gasteiger partial charge in [-0.3, -0.25) is 4.79 Å². The summed E-state index contributed by atoms with van der Waals surface area (Å²) in [7, 11) is 0. The van der Waals surface area contributed by atoms with Crippen LogP contribution in [0, 0.1) is 5.82 Å². The smallest absolute Gasteiger partial charge is 0.311 e. The van der Waals surface area contributed by atoms with Crippen molar-refractivity contribution in [2.45, 2.75) is 12.8 Å². The molecule has 0 spiro atoms. The maximum absolute atomic E-state index is 13.0. The van der Waals surface area contributed by atoms with E-state index >= 15 is 0 Å². The van der Waals surface area contributed by atoms with Crippen LogP contribution in [0.2, 0.25) is 0 Å². The minimum absolute atomic E-state index is 0.272. The third-order valence-corrected chi connectivity index (χ3v) is 1.88. The first-order valence-electron chi connectivity index (χ1n) is 3.75. The average Bonchev–Trinajstić information content (AvgIpc) is 2.04. The zero-order valence-corrected chi connectivity index (χ0v) is 6.34. The number of halogens is 1. The maximum Gasteiger partial charge on any atom is 0.311 e. The molecule has 0 unspecified atom stereocenters. The van der Waals surface area contributed by atoms with Gasteiger partial charge in [-0.25, -0.2) is 4.39 Å². The Bertz CT molecular complexity index is 333. The fourth-order valence-electron chi connectivity index (χ4n) is 1.28. The van der Waals surface area contributed by atoms with Crippen LogP contribution in [0.25, 0.3) is 0 Å². The Morgan fingerprint density at radius 2 is 2.17 bits per heavy atom. The second-order valence-electron chi connectivity index (χ2n) is 2.69. The van der Waals surface area contributed by atoms with Gasteiger partial charge in [-0.1, -0.05) is 6.07 Å². The molecule has 0 saturated carbocycles. The van der Waals surface area contributed by atoms with Gasteiger partial charge in [0.15, 0.2) is 0 Å². The Labute approximate surface area is 69.0 Å². The molecule has 0 N–H and O–H groups in total. The summed E-state index contributed by atoms with van der Waals surface area (Å²) in [5.74, 6) is -0.209. The predicted molar refractivity (Wildman–Crippen MR) is 40.4 cm³/mol. The molecule has 2 nitrogen and oxygen atoms in total. The fourth-order valence-corrected chi connectivity index (χ4v) is 1.28. The van der Waals surface area contributed by atoms with Gasteiger partial charge in [-0.15, -0.1) is 0 Å². The van der Waals surface area contributed by atoms with Crippen LogP contribution in [0.3, 0.4) is 0 Å². The number of carbonyl (C=O) groups is 1. The summed E-state index contributed by atoms with van der Waals surface area (Å²) in [6.07, 6.45) is 0.717. The highest BCUT2D eigenvalue weighted by molar-refractivity contribution is 5.75. The molecule has 0 radical (unpaired) electrons. The number of rotatable bonds is 0. The van der Waals surface area contributed by atoms with Crippen molar-refractivity contribution in [3.63, 3.8) is 0 Å². The molecule has 3 heteroatoms. The van der Waals surface area contributed by atoms with Gasteiger partial charge in [0.05, 0.1) is 6.42 Å². The van der Waals surface area contributed by atoms with Crippen molar-refractivity contribution < 1.29 is 13.9 Å². The van der Waals surface area contributed by atoms with Crippen molar-refractivity contribution in [3.8, 4) is 5.75 Å². The summed E-state index contributed by atoms with van der Waals surface area (Å²) >= 11 is 0. The van der Waals surface area contributed by atoms with E-state index in [4.69, 9.17) is 4.74 Å². The summed E-state index contributed by atoms with van der Waals surface area (Å²) in [5.41, 5.74) is 0.511. The van der Waals surface area contributed by atoms with Crippen LogP contribution in [0.1, 0.15) is 12.0 Å². The van der Waals surface area contributed by atoms with Crippen molar-refractivity contribution in [1.82, 2.24) is 0 Å². The number of esters is 1. The zero-order chi connectivity index (χ0) is 8.55. The first-order chi connectivity index (χ1) is 5.77. The van der Waals surface area contributed by atoms with Gasteiger partial charge in [-0.2, -0.15) is 0 Å². The van der Waals surface area contributed by atoms with E-state index < -0.39 is 0 Å². The van der Waals surface area contributed by atoms with Gasteiger partial charge in [0.2, 0.25) is 0 Å². The number of hydrogen-bond acceptors (Lipinski definition) is 2. The number of hydrogen-bond donors (Lipinski definition) is 0. The van der Waals surface area contributed by atoms with Gasteiger partial charge in [-0.05, 0) is 18.6 Å². The third kappa shape index (κ3) is 1.07. The number of ether oxygens (including phenoxy) is 1. The van der Waals surface area contributed by atoms with E-state index in [-0.39, 0.29) is 18.2 Å². The molecule has 2 rings (SSSR count). The molecule has 12 heavy (non-hydrogen) atoms. The van der Waals surface area contributed by atoms with Crippen LogP contribution in [0.15, 0.2) is 18.2 Å². The summed E-state index contributed by atoms with van der Waals surface area (Å²) in [5, 5.41) is 0. The zero-order valence-electron chi connectivity index (χ0n) is 6.34. The minimum Gasteiger partial charge on any atom is -0.426 e. The Morgan fingerprint density at radius 1 is 1.33 bits per heavy atom. The highest BCUT2D eigenvalue weighted by Gasteiger charge is 2.19. The lowest BCUT2D eigenvalue weighted by atomic mass is 10.1. The first kappa shape index (κ1) is 7.28. The van der Waals surface area contributed by atoms with Crippen molar-refractivity contribution in [1.29, 1.82) is 0 Å². The highest BCUT2D eigenvalue weighted by atomic mass is 19.1. The second kappa shape index (κ2) is 2.59. The molecule has 0 bridgehead atoms. The van der Waals surface area contributed by atoms with E-state index in [2.05, 4.69) is 0 Å². The quantitative estimate of drug-likeness (QED) is 0.433. The SMILES string of the molecule is O=C1CCc2c(F)cccc2O1. The third-order valence-electron chi connectivity index (χ3n) is 1.88. The lowest BCUT2D eigenvalue weighted by molar-refractivity contribution is -0.135. The minimum atomic E-state index is -0.292. The number of carbonyl (C=O) groups excluding carboxylic acids is 1. The lowest BCUT2D eigenvalue weighted by Crippen LogP contribution is -2.16. The van der Waals surface area contributed by atoms with E-state index in [1.807, 2.05) is 0 Å². The molecule has 0 aromatic heterocycles. The van der Waals surface area contributed by atoms with E-state index in [1.54, 1.807) is 6.07 Å². The second-order valence-corrected chi connectivity index (χ2v) is 2.69. The van der Waals surface area contributed by atoms with Crippen LogP contribution in [0.4, 0.5) is 4.39 Å². The topological polar surface area (TPSA) is 26.3 Å². The van der Waals surface area contributed by atoms with Gasteiger partial charge >= 0.3 is 5.97 Å². The fraction of sp³-hybridized carbons (Fsp3) is 0.222. The number of benzene rings is 1. The molecule has 0 fully saturated rings. The Kier molecular flexibility index (Phi) is 1.57. The Morgan fingerprint density at radius 3 is 3.00 bits per heavy atom. The average molecular weight is 166 g/mol. The first-order valence-corrected chi connectivity index (χ1v) is 3.75. The molecule has 0 aliphatic carbocycles. The number of fused-ring (bicyclic) bond motifs is 1. The van der Waals surface area contributed by atoms with Crippen molar-refractivity contribution in [2.75, 3.05) is 0 Å². The molecule has 1 aromatic rings.